The van der Waals surface area contributed by atoms with Gasteiger partial charge in [0.2, 0.25) is 0 Å². The molecule has 18 heavy (non-hydrogen) atoms. The number of H-pyrrole nitrogens is 1. The number of rotatable bonds is 1. The van der Waals surface area contributed by atoms with Crippen LogP contribution in [0.2, 0.25) is 0 Å². The summed E-state index contributed by atoms with van der Waals surface area (Å²) in [6.45, 7) is 4.78. The molecule has 2 aliphatic heterocycles. The Morgan fingerprint density at radius 3 is 3.00 bits per heavy atom. The molecule has 5 heteroatoms. The van der Waals surface area contributed by atoms with E-state index in [-0.39, 0.29) is 22.9 Å². The third-order valence-electron chi connectivity index (χ3n) is 4.25. The molecule has 0 saturated carbocycles. The van der Waals surface area contributed by atoms with Crippen LogP contribution in [0.5, 0.6) is 0 Å². The Kier molecular flexibility index (Phi) is 2.70. The van der Waals surface area contributed by atoms with Crippen molar-refractivity contribution in [2.24, 2.45) is 11.8 Å². The van der Waals surface area contributed by atoms with Crippen LogP contribution in [0.3, 0.4) is 0 Å². The molecule has 2 saturated heterocycles. The summed E-state index contributed by atoms with van der Waals surface area (Å²) >= 11 is 0. The van der Waals surface area contributed by atoms with Crippen LogP contribution >= 0.6 is 0 Å². The van der Waals surface area contributed by atoms with Crippen molar-refractivity contribution in [3.63, 3.8) is 0 Å². The van der Waals surface area contributed by atoms with Gasteiger partial charge >= 0.3 is 0 Å². The largest absolute Gasteiger partial charge is 0.367 e. The van der Waals surface area contributed by atoms with E-state index in [0.29, 0.717) is 11.8 Å². The van der Waals surface area contributed by atoms with Gasteiger partial charge in [0.05, 0.1) is 0 Å². The van der Waals surface area contributed by atoms with Crippen molar-refractivity contribution in [3.8, 4) is 0 Å². The molecule has 1 amide bonds. The Hall–Kier alpha value is -1.62. The highest BCUT2D eigenvalue weighted by atomic mass is 16.2. The van der Waals surface area contributed by atoms with Crippen LogP contribution in [0.15, 0.2) is 23.3 Å². The minimum Gasteiger partial charge on any atom is -0.367 e. The van der Waals surface area contributed by atoms with Gasteiger partial charge in [0, 0.05) is 44.1 Å². The molecular formula is C13H17N3O2. The normalized spacial score (nSPS) is 30.5. The first-order chi connectivity index (χ1) is 8.68. The first-order valence-corrected chi connectivity index (χ1v) is 6.37. The quantitative estimate of drug-likeness (QED) is 0.737. The molecule has 3 atom stereocenters. The third kappa shape index (κ3) is 1.66. The van der Waals surface area contributed by atoms with E-state index >= 15 is 0 Å². The smallest absolute Gasteiger partial charge is 0.259 e. The number of carbonyl (C=O) groups is 1. The zero-order valence-electron chi connectivity index (χ0n) is 10.3. The molecule has 3 heterocycles. The summed E-state index contributed by atoms with van der Waals surface area (Å²) < 4.78 is 0. The first kappa shape index (κ1) is 11.5. The van der Waals surface area contributed by atoms with Crippen LogP contribution in [0.1, 0.15) is 17.3 Å². The predicted molar refractivity (Wildman–Crippen MR) is 67.4 cm³/mol. The van der Waals surface area contributed by atoms with Gasteiger partial charge in [-0.25, -0.2) is 0 Å². The minimum absolute atomic E-state index is 0.140. The van der Waals surface area contributed by atoms with Crippen LogP contribution in [-0.2, 0) is 0 Å². The zero-order chi connectivity index (χ0) is 12.7. The fraction of sp³-hybridized carbons (Fsp3) is 0.538. The number of aromatic nitrogens is 1. The van der Waals surface area contributed by atoms with Crippen molar-refractivity contribution in [1.82, 2.24) is 15.2 Å². The molecule has 2 N–H and O–H groups in total. The molecule has 2 fully saturated rings. The lowest BCUT2D eigenvalue weighted by atomic mass is 9.95. The van der Waals surface area contributed by atoms with Crippen molar-refractivity contribution >= 4 is 5.91 Å². The van der Waals surface area contributed by atoms with Crippen molar-refractivity contribution in [1.29, 1.82) is 0 Å². The average molecular weight is 247 g/mol. The van der Waals surface area contributed by atoms with Gasteiger partial charge in [-0.3, -0.25) is 9.59 Å². The maximum atomic E-state index is 12.4. The van der Waals surface area contributed by atoms with Crippen molar-refractivity contribution in [3.05, 3.63) is 34.2 Å². The van der Waals surface area contributed by atoms with E-state index in [4.69, 9.17) is 0 Å². The molecule has 96 valence electrons. The Labute approximate surface area is 105 Å². The first-order valence-electron chi connectivity index (χ1n) is 6.37. The second kappa shape index (κ2) is 4.24. The van der Waals surface area contributed by atoms with Gasteiger partial charge in [-0.2, -0.15) is 0 Å². The molecule has 5 nitrogen and oxygen atoms in total. The SMILES string of the molecule is CC1C2CNCC2CN1C(=O)c1c[nH]ccc1=O. The van der Waals surface area contributed by atoms with E-state index in [1.165, 1.54) is 12.3 Å². The second-order valence-electron chi connectivity index (χ2n) is 5.20. The molecule has 3 unspecified atom stereocenters. The maximum Gasteiger partial charge on any atom is 0.259 e. The number of pyridine rings is 1. The standard InChI is InChI=1S/C13H17N3O2/c1-8-10-5-15-4-9(10)7-16(8)13(18)11-6-14-3-2-12(11)17/h2-3,6,8-10,15H,4-5,7H2,1H3,(H,14,17). The Bertz CT molecular complexity index is 525. The molecule has 0 aromatic carbocycles. The van der Waals surface area contributed by atoms with Crippen LogP contribution < -0.4 is 10.7 Å². The van der Waals surface area contributed by atoms with Gasteiger partial charge in [0.1, 0.15) is 5.56 Å². The van der Waals surface area contributed by atoms with E-state index in [9.17, 15) is 9.59 Å². The highest BCUT2D eigenvalue weighted by Gasteiger charge is 2.44. The van der Waals surface area contributed by atoms with Gasteiger partial charge in [-0.05, 0) is 18.8 Å². The van der Waals surface area contributed by atoms with Crippen LogP contribution in [-0.4, -0.2) is 41.5 Å². The number of hydrogen-bond donors (Lipinski definition) is 2. The van der Waals surface area contributed by atoms with Crippen molar-refractivity contribution in [2.75, 3.05) is 19.6 Å². The number of carbonyl (C=O) groups excluding carboxylic acids is 1. The highest BCUT2D eigenvalue weighted by Crippen LogP contribution is 2.32. The predicted octanol–water partition coefficient (Wildman–Crippen LogP) is 0.0548. The number of hydrogen-bond acceptors (Lipinski definition) is 3. The Morgan fingerprint density at radius 1 is 1.44 bits per heavy atom. The van der Waals surface area contributed by atoms with Crippen LogP contribution in [0.4, 0.5) is 0 Å². The topological polar surface area (TPSA) is 65.2 Å². The third-order valence-corrected chi connectivity index (χ3v) is 4.25. The van der Waals surface area contributed by atoms with Gasteiger partial charge in [-0.1, -0.05) is 0 Å². The molecular weight excluding hydrogens is 230 g/mol. The summed E-state index contributed by atoms with van der Waals surface area (Å²) in [4.78, 5) is 28.7. The minimum atomic E-state index is -0.207. The monoisotopic (exact) mass is 247 g/mol. The maximum absolute atomic E-state index is 12.4. The zero-order valence-corrected chi connectivity index (χ0v) is 10.3. The summed E-state index contributed by atoms with van der Waals surface area (Å²) in [5.74, 6) is 0.919. The summed E-state index contributed by atoms with van der Waals surface area (Å²) in [6, 6.07) is 1.60. The summed E-state index contributed by atoms with van der Waals surface area (Å²) in [5.41, 5.74) is 0.0402. The van der Waals surface area contributed by atoms with E-state index in [0.717, 1.165) is 19.6 Å². The molecule has 3 rings (SSSR count). The second-order valence-corrected chi connectivity index (χ2v) is 5.20. The molecule has 1 aromatic heterocycles. The fourth-order valence-electron chi connectivity index (χ4n) is 3.17. The Balaban J connectivity index is 1.86. The van der Waals surface area contributed by atoms with Crippen molar-refractivity contribution in [2.45, 2.75) is 13.0 Å². The fourth-order valence-corrected chi connectivity index (χ4v) is 3.17. The van der Waals surface area contributed by atoms with Gasteiger partial charge in [-0.15, -0.1) is 0 Å². The lowest BCUT2D eigenvalue weighted by Gasteiger charge is -2.24. The number of nitrogens with zero attached hydrogens (tertiary/aromatic N) is 1. The molecule has 1 aromatic rings. The molecule has 0 aliphatic carbocycles. The number of fused-ring (bicyclic) bond motifs is 1. The van der Waals surface area contributed by atoms with E-state index in [1.807, 2.05) is 4.90 Å². The average Bonchev–Trinajstić information content (AvgIpc) is 2.93. The van der Waals surface area contributed by atoms with Crippen LogP contribution in [0.25, 0.3) is 0 Å². The van der Waals surface area contributed by atoms with Crippen LogP contribution in [0, 0.1) is 11.8 Å². The van der Waals surface area contributed by atoms with Gasteiger partial charge < -0.3 is 15.2 Å². The van der Waals surface area contributed by atoms with Crippen molar-refractivity contribution < 1.29 is 4.79 Å². The van der Waals surface area contributed by atoms with E-state index in [2.05, 4.69) is 17.2 Å². The number of nitrogens with one attached hydrogen (secondary N) is 2. The number of aromatic amines is 1. The Morgan fingerprint density at radius 2 is 2.28 bits per heavy atom. The lowest BCUT2D eigenvalue weighted by molar-refractivity contribution is 0.0727. The number of amides is 1. The summed E-state index contributed by atoms with van der Waals surface area (Å²) in [5, 5.41) is 3.36. The van der Waals surface area contributed by atoms with Gasteiger partial charge in [0.15, 0.2) is 5.43 Å². The molecule has 0 bridgehead atoms. The summed E-state index contributed by atoms with van der Waals surface area (Å²) in [7, 11) is 0. The molecule has 2 aliphatic rings. The summed E-state index contributed by atoms with van der Waals surface area (Å²) in [6.07, 6.45) is 3.05. The van der Waals surface area contributed by atoms with E-state index < -0.39 is 0 Å². The van der Waals surface area contributed by atoms with Gasteiger partial charge in [0.25, 0.3) is 5.91 Å². The highest BCUT2D eigenvalue weighted by molar-refractivity contribution is 5.94. The lowest BCUT2D eigenvalue weighted by Crippen LogP contribution is -2.39. The molecule has 0 spiro atoms. The van der Waals surface area contributed by atoms with E-state index in [1.54, 1.807) is 6.20 Å². The molecule has 0 radical (unpaired) electrons. The number of likely N-dealkylation sites (tertiary alicyclic amines) is 1.